The van der Waals surface area contributed by atoms with E-state index in [-0.39, 0.29) is 18.3 Å². The highest BCUT2D eigenvalue weighted by Gasteiger charge is 2.37. The molecule has 1 amide bonds. The van der Waals surface area contributed by atoms with Gasteiger partial charge < -0.3 is 19.5 Å². The van der Waals surface area contributed by atoms with Crippen LogP contribution in [0.5, 0.6) is 11.5 Å². The van der Waals surface area contributed by atoms with Crippen molar-refractivity contribution in [2.45, 2.75) is 18.6 Å². The van der Waals surface area contributed by atoms with E-state index in [0.717, 1.165) is 0 Å². The van der Waals surface area contributed by atoms with Crippen LogP contribution in [0.2, 0.25) is 0 Å². The Bertz CT molecular complexity index is 780. The lowest BCUT2D eigenvalue weighted by Crippen LogP contribution is -2.32. The standard InChI is InChI=1S/C19H20FNO4/c1-24-17-8-4-7-15(18(17)25-2)19(23)21-11-14(22)10-16(21)12-5-3-6-13(20)9-12/h3-9,14,16,22H,10-11H2,1-2H3. The summed E-state index contributed by atoms with van der Waals surface area (Å²) < 4.78 is 24.2. The maximum atomic E-state index is 13.6. The molecule has 1 heterocycles. The normalized spacial score (nSPS) is 19.8. The molecule has 132 valence electrons. The molecule has 3 rings (SSSR count). The smallest absolute Gasteiger partial charge is 0.258 e. The van der Waals surface area contributed by atoms with Gasteiger partial charge in [-0.05, 0) is 36.2 Å². The predicted molar refractivity (Wildman–Crippen MR) is 90.3 cm³/mol. The van der Waals surface area contributed by atoms with Crippen molar-refractivity contribution in [3.63, 3.8) is 0 Å². The van der Waals surface area contributed by atoms with Crippen LogP contribution in [-0.4, -0.2) is 42.8 Å². The van der Waals surface area contributed by atoms with Gasteiger partial charge in [0.1, 0.15) is 5.82 Å². The highest BCUT2D eigenvalue weighted by Crippen LogP contribution is 2.37. The zero-order valence-corrected chi connectivity index (χ0v) is 14.1. The number of ether oxygens (including phenoxy) is 2. The average Bonchev–Trinajstić information content (AvgIpc) is 3.02. The lowest BCUT2D eigenvalue weighted by atomic mass is 10.0. The number of carbonyl (C=O) groups is 1. The van der Waals surface area contributed by atoms with Gasteiger partial charge in [0.25, 0.3) is 5.91 Å². The zero-order valence-electron chi connectivity index (χ0n) is 14.1. The number of halogens is 1. The second-order valence-electron chi connectivity index (χ2n) is 5.96. The van der Waals surface area contributed by atoms with Crippen LogP contribution in [-0.2, 0) is 0 Å². The number of amides is 1. The van der Waals surface area contributed by atoms with Crippen LogP contribution in [0.25, 0.3) is 0 Å². The van der Waals surface area contributed by atoms with Gasteiger partial charge in [0.15, 0.2) is 11.5 Å². The number of aliphatic hydroxyl groups is 1. The Morgan fingerprint density at radius 1 is 1.20 bits per heavy atom. The summed E-state index contributed by atoms with van der Waals surface area (Å²) in [7, 11) is 2.97. The number of nitrogens with zero attached hydrogens (tertiary/aromatic N) is 1. The van der Waals surface area contributed by atoms with Gasteiger partial charge in [-0.3, -0.25) is 4.79 Å². The first-order valence-electron chi connectivity index (χ1n) is 8.00. The Labute approximate surface area is 145 Å². The van der Waals surface area contributed by atoms with E-state index in [2.05, 4.69) is 0 Å². The van der Waals surface area contributed by atoms with Crippen molar-refractivity contribution >= 4 is 5.91 Å². The fourth-order valence-corrected chi connectivity index (χ4v) is 3.28. The molecular weight excluding hydrogens is 325 g/mol. The molecule has 0 saturated carbocycles. The summed E-state index contributed by atoms with van der Waals surface area (Å²) in [6.07, 6.45) is -0.296. The van der Waals surface area contributed by atoms with E-state index in [1.54, 1.807) is 35.2 Å². The molecule has 2 unspecified atom stereocenters. The quantitative estimate of drug-likeness (QED) is 0.926. The van der Waals surface area contributed by atoms with E-state index in [4.69, 9.17) is 9.47 Å². The Hall–Kier alpha value is -2.60. The van der Waals surface area contributed by atoms with E-state index < -0.39 is 12.1 Å². The summed E-state index contributed by atoms with van der Waals surface area (Å²) in [5.41, 5.74) is 1.00. The number of aliphatic hydroxyl groups excluding tert-OH is 1. The molecule has 1 aliphatic rings. The molecule has 6 heteroatoms. The van der Waals surface area contributed by atoms with E-state index in [1.807, 2.05) is 0 Å². The first kappa shape index (κ1) is 17.2. The van der Waals surface area contributed by atoms with Gasteiger partial charge in [-0.15, -0.1) is 0 Å². The maximum absolute atomic E-state index is 13.6. The molecule has 0 spiro atoms. The van der Waals surface area contributed by atoms with Crippen molar-refractivity contribution in [1.82, 2.24) is 4.90 Å². The van der Waals surface area contributed by atoms with Crippen molar-refractivity contribution in [2.75, 3.05) is 20.8 Å². The van der Waals surface area contributed by atoms with Gasteiger partial charge in [-0.1, -0.05) is 18.2 Å². The SMILES string of the molecule is COc1cccc(C(=O)N2CC(O)CC2c2cccc(F)c2)c1OC. The van der Waals surface area contributed by atoms with Gasteiger partial charge >= 0.3 is 0 Å². The zero-order chi connectivity index (χ0) is 18.0. The van der Waals surface area contributed by atoms with Crippen LogP contribution < -0.4 is 9.47 Å². The monoisotopic (exact) mass is 345 g/mol. The molecule has 0 radical (unpaired) electrons. The number of hydrogen-bond acceptors (Lipinski definition) is 4. The van der Waals surface area contributed by atoms with Gasteiger partial charge in [0.2, 0.25) is 0 Å². The Kier molecular flexibility index (Phi) is 4.90. The second-order valence-corrected chi connectivity index (χ2v) is 5.96. The largest absolute Gasteiger partial charge is 0.493 e. The molecule has 5 nitrogen and oxygen atoms in total. The van der Waals surface area contributed by atoms with Gasteiger partial charge in [0, 0.05) is 6.54 Å². The van der Waals surface area contributed by atoms with Crippen LogP contribution in [0.1, 0.15) is 28.4 Å². The molecule has 1 aliphatic heterocycles. The maximum Gasteiger partial charge on any atom is 0.258 e. The van der Waals surface area contributed by atoms with E-state index in [0.29, 0.717) is 29.0 Å². The van der Waals surface area contributed by atoms with Crippen LogP contribution >= 0.6 is 0 Å². The average molecular weight is 345 g/mol. The summed E-state index contributed by atoms with van der Waals surface area (Å²) in [5, 5.41) is 10.1. The minimum absolute atomic E-state index is 0.181. The molecule has 1 fully saturated rings. The van der Waals surface area contributed by atoms with Crippen LogP contribution in [0.15, 0.2) is 42.5 Å². The van der Waals surface area contributed by atoms with Crippen LogP contribution in [0.3, 0.4) is 0 Å². The van der Waals surface area contributed by atoms with Crippen LogP contribution in [0.4, 0.5) is 4.39 Å². The number of para-hydroxylation sites is 1. The third-order valence-electron chi connectivity index (χ3n) is 4.41. The number of carbonyl (C=O) groups excluding carboxylic acids is 1. The topological polar surface area (TPSA) is 59.0 Å². The van der Waals surface area contributed by atoms with Gasteiger partial charge in [-0.25, -0.2) is 4.39 Å². The molecule has 1 saturated heterocycles. The third-order valence-corrected chi connectivity index (χ3v) is 4.41. The molecule has 0 aliphatic carbocycles. The van der Waals surface area contributed by atoms with Crippen LogP contribution in [0, 0.1) is 5.82 Å². The summed E-state index contributed by atoms with van der Waals surface area (Å²) in [4.78, 5) is 14.6. The molecule has 2 aromatic carbocycles. The third kappa shape index (κ3) is 3.30. The predicted octanol–water partition coefficient (Wildman–Crippen LogP) is 2.79. The van der Waals surface area contributed by atoms with Gasteiger partial charge in [0.05, 0.1) is 31.9 Å². The van der Waals surface area contributed by atoms with Crippen molar-refractivity contribution in [3.05, 3.63) is 59.4 Å². The van der Waals surface area contributed by atoms with E-state index in [9.17, 15) is 14.3 Å². The fraction of sp³-hybridized carbons (Fsp3) is 0.316. The minimum Gasteiger partial charge on any atom is -0.493 e. The van der Waals surface area contributed by atoms with Crippen molar-refractivity contribution in [1.29, 1.82) is 0 Å². The number of benzene rings is 2. The molecular formula is C19H20FNO4. The number of hydrogen-bond donors (Lipinski definition) is 1. The highest BCUT2D eigenvalue weighted by atomic mass is 19.1. The first-order valence-corrected chi connectivity index (χ1v) is 8.00. The molecule has 0 bridgehead atoms. The molecule has 0 aromatic heterocycles. The van der Waals surface area contributed by atoms with Crippen molar-refractivity contribution < 1.29 is 23.8 Å². The van der Waals surface area contributed by atoms with Crippen molar-refractivity contribution in [2.24, 2.45) is 0 Å². The Balaban J connectivity index is 1.98. The lowest BCUT2D eigenvalue weighted by molar-refractivity contribution is 0.0711. The number of rotatable bonds is 4. The Morgan fingerprint density at radius 2 is 1.96 bits per heavy atom. The van der Waals surface area contributed by atoms with E-state index in [1.165, 1.54) is 26.4 Å². The number of methoxy groups -OCH3 is 2. The lowest BCUT2D eigenvalue weighted by Gasteiger charge is -2.26. The summed E-state index contributed by atoms with van der Waals surface area (Å²) >= 11 is 0. The first-order chi connectivity index (χ1) is 12.0. The molecule has 2 aromatic rings. The molecule has 1 N–H and O–H groups in total. The minimum atomic E-state index is -0.658. The molecule has 2 atom stereocenters. The van der Waals surface area contributed by atoms with E-state index >= 15 is 0 Å². The fourth-order valence-electron chi connectivity index (χ4n) is 3.28. The molecule has 25 heavy (non-hydrogen) atoms. The van der Waals surface area contributed by atoms with Gasteiger partial charge in [-0.2, -0.15) is 0 Å². The summed E-state index contributed by atoms with van der Waals surface area (Å²) in [5.74, 6) is 0.136. The highest BCUT2D eigenvalue weighted by molar-refractivity contribution is 5.98. The number of likely N-dealkylation sites (tertiary alicyclic amines) is 1. The Morgan fingerprint density at radius 3 is 2.64 bits per heavy atom. The van der Waals surface area contributed by atoms with Crippen molar-refractivity contribution in [3.8, 4) is 11.5 Å². The summed E-state index contributed by atoms with van der Waals surface area (Å²) in [6, 6.07) is 10.8. The second kappa shape index (κ2) is 7.11. The summed E-state index contributed by atoms with van der Waals surface area (Å²) in [6.45, 7) is 0.181. The number of β-amino-alcohol motifs (C(OH)–C–C–N with tert-alkyl or cyclic N) is 1.